The van der Waals surface area contributed by atoms with Crippen LogP contribution in [-0.4, -0.2) is 43.8 Å². The second-order valence-corrected chi connectivity index (χ2v) is 9.36. The molecule has 0 aliphatic carbocycles. The third-order valence-corrected chi connectivity index (χ3v) is 7.25. The van der Waals surface area contributed by atoms with E-state index in [1.165, 1.54) is 35.5 Å². The molecule has 0 spiro atoms. The smallest absolute Gasteiger partial charge is 0.338 e. The van der Waals surface area contributed by atoms with Crippen molar-refractivity contribution in [1.29, 1.82) is 0 Å². The maximum Gasteiger partial charge on any atom is 0.338 e. The number of esters is 1. The van der Waals surface area contributed by atoms with Gasteiger partial charge in [-0.1, -0.05) is 57.5 Å². The first-order valence-corrected chi connectivity index (χ1v) is 12.3. The van der Waals surface area contributed by atoms with Crippen LogP contribution in [0.3, 0.4) is 0 Å². The van der Waals surface area contributed by atoms with Crippen LogP contribution in [0.2, 0.25) is 0 Å². The quantitative estimate of drug-likeness (QED) is 0.513. The van der Waals surface area contributed by atoms with Crippen LogP contribution >= 0.6 is 0 Å². The van der Waals surface area contributed by atoms with Gasteiger partial charge in [-0.2, -0.15) is 4.31 Å². The van der Waals surface area contributed by atoms with Crippen LogP contribution < -0.4 is 5.32 Å². The summed E-state index contributed by atoms with van der Waals surface area (Å²) in [5, 5.41) is 2.94. The van der Waals surface area contributed by atoms with Gasteiger partial charge in [0.1, 0.15) is 0 Å². The van der Waals surface area contributed by atoms with Gasteiger partial charge in [-0.15, -0.1) is 0 Å². The monoisotopic (exact) mass is 460 g/mol. The van der Waals surface area contributed by atoms with E-state index in [2.05, 4.69) is 5.32 Å². The van der Waals surface area contributed by atoms with E-state index < -0.39 is 22.1 Å². The third kappa shape index (κ3) is 6.40. The molecule has 8 heteroatoms. The van der Waals surface area contributed by atoms with Crippen LogP contribution in [0.5, 0.6) is 0 Å². The molecule has 2 rings (SSSR count). The molecule has 2 atom stereocenters. The summed E-state index contributed by atoms with van der Waals surface area (Å²) >= 11 is 0. The molecule has 1 N–H and O–H groups in total. The number of hydrogen-bond donors (Lipinski definition) is 1. The molecule has 32 heavy (non-hydrogen) atoms. The number of nitrogens with zero attached hydrogens (tertiary/aromatic N) is 1. The molecule has 0 saturated carbocycles. The Labute approximate surface area is 190 Å². The number of carbonyl (C=O) groups is 2. The van der Waals surface area contributed by atoms with Crippen LogP contribution in [0.25, 0.3) is 0 Å². The molecule has 0 heterocycles. The fraction of sp³-hybridized carbons (Fsp3) is 0.417. The number of amides is 1. The normalized spacial score (nSPS) is 13.4. The predicted octanol–water partition coefficient (Wildman–Crippen LogP) is 3.92. The van der Waals surface area contributed by atoms with Crippen molar-refractivity contribution in [3.05, 3.63) is 65.7 Å². The second-order valence-electron chi connectivity index (χ2n) is 7.42. The van der Waals surface area contributed by atoms with E-state index >= 15 is 0 Å². The van der Waals surface area contributed by atoms with Gasteiger partial charge in [0, 0.05) is 13.1 Å². The zero-order chi connectivity index (χ0) is 23.7. The first kappa shape index (κ1) is 25.5. The van der Waals surface area contributed by atoms with Gasteiger partial charge in [0.25, 0.3) is 5.91 Å². The van der Waals surface area contributed by atoms with Crippen molar-refractivity contribution >= 4 is 21.9 Å². The average molecular weight is 461 g/mol. The fourth-order valence-electron chi connectivity index (χ4n) is 3.34. The summed E-state index contributed by atoms with van der Waals surface area (Å²) in [6, 6.07) is 15.0. The molecule has 0 radical (unpaired) electrons. The van der Waals surface area contributed by atoms with Gasteiger partial charge in [0.2, 0.25) is 10.0 Å². The van der Waals surface area contributed by atoms with E-state index in [1.54, 1.807) is 13.8 Å². The molecule has 0 bridgehead atoms. The summed E-state index contributed by atoms with van der Waals surface area (Å²) in [7, 11) is -3.61. The lowest BCUT2D eigenvalue weighted by Gasteiger charge is -2.21. The molecule has 174 valence electrons. The lowest BCUT2D eigenvalue weighted by Crippen LogP contribution is -2.38. The number of benzene rings is 2. The standard InChI is InChI=1S/C24H32N2O5S/c1-5-11-22(19-12-9-8-10-13-19)25-23(27)18(4)31-24(28)20-14-16-21(17-15-20)32(29,30)26(6-2)7-3/h8-10,12-18,22H,5-7,11H2,1-4H3,(H,25,27). The highest BCUT2D eigenvalue weighted by molar-refractivity contribution is 7.89. The van der Waals surface area contributed by atoms with Gasteiger partial charge in [-0.3, -0.25) is 4.79 Å². The van der Waals surface area contributed by atoms with Gasteiger partial charge >= 0.3 is 5.97 Å². The molecule has 0 fully saturated rings. The number of carbonyl (C=O) groups excluding carboxylic acids is 2. The maximum atomic E-state index is 12.6. The van der Waals surface area contributed by atoms with E-state index in [4.69, 9.17) is 4.74 Å². The van der Waals surface area contributed by atoms with E-state index in [1.807, 2.05) is 37.3 Å². The average Bonchev–Trinajstić information content (AvgIpc) is 2.80. The highest BCUT2D eigenvalue weighted by Crippen LogP contribution is 2.19. The minimum Gasteiger partial charge on any atom is -0.449 e. The van der Waals surface area contributed by atoms with Crippen molar-refractivity contribution in [2.45, 2.75) is 57.6 Å². The summed E-state index contributed by atoms with van der Waals surface area (Å²) in [5.74, 6) is -1.08. The molecule has 1 amide bonds. The van der Waals surface area contributed by atoms with Crippen molar-refractivity contribution in [2.75, 3.05) is 13.1 Å². The number of nitrogens with one attached hydrogen (secondary N) is 1. The van der Waals surface area contributed by atoms with Crippen molar-refractivity contribution in [3.63, 3.8) is 0 Å². The Morgan fingerprint density at radius 3 is 2.09 bits per heavy atom. The number of hydrogen-bond acceptors (Lipinski definition) is 5. The SMILES string of the molecule is CCCC(NC(=O)C(C)OC(=O)c1ccc(S(=O)(=O)N(CC)CC)cc1)c1ccccc1. The first-order valence-electron chi connectivity index (χ1n) is 10.9. The van der Waals surface area contributed by atoms with E-state index in [-0.39, 0.29) is 22.4 Å². The van der Waals surface area contributed by atoms with E-state index in [0.29, 0.717) is 13.1 Å². The Morgan fingerprint density at radius 1 is 0.969 bits per heavy atom. The van der Waals surface area contributed by atoms with Crippen molar-refractivity contribution in [3.8, 4) is 0 Å². The number of rotatable bonds is 11. The Balaban J connectivity index is 2.04. The molecule has 2 aromatic carbocycles. The maximum absolute atomic E-state index is 12.6. The summed E-state index contributed by atoms with van der Waals surface area (Å²) in [6.45, 7) is 7.80. The van der Waals surface area contributed by atoms with Crippen LogP contribution in [0.1, 0.15) is 62.5 Å². The first-order chi connectivity index (χ1) is 15.2. The van der Waals surface area contributed by atoms with Gasteiger partial charge in [0.15, 0.2) is 6.10 Å². The molecule has 0 aliphatic heterocycles. The van der Waals surface area contributed by atoms with E-state index in [0.717, 1.165) is 18.4 Å². The summed E-state index contributed by atoms with van der Waals surface area (Å²) in [4.78, 5) is 25.2. The summed E-state index contributed by atoms with van der Waals surface area (Å²) < 4.78 is 31.8. The lowest BCUT2D eigenvalue weighted by atomic mass is 10.0. The third-order valence-electron chi connectivity index (χ3n) is 5.18. The van der Waals surface area contributed by atoms with Gasteiger partial charge < -0.3 is 10.1 Å². The highest BCUT2D eigenvalue weighted by Gasteiger charge is 2.24. The van der Waals surface area contributed by atoms with Gasteiger partial charge in [0.05, 0.1) is 16.5 Å². The molecular weight excluding hydrogens is 428 g/mol. The van der Waals surface area contributed by atoms with Gasteiger partial charge in [-0.25, -0.2) is 13.2 Å². The Hall–Kier alpha value is -2.71. The molecule has 2 aromatic rings. The van der Waals surface area contributed by atoms with Gasteiger partial charge in [-0.05, 0) is 43.2 Å². The van der Waals surface area contributed by atoms with Crippen LogP contribution in [0.15, 0.2) is 59.5 Å². The summed E-state index contributed by atoms with van der Waals surface area (Å²) in [5.41, 5.74) is 1.17. The minimum absolute atomic E-state index is 0.105. The largest absolute Gasteiger partial charge is 0.449 e. The topological polar surface area (TPSA) is 92.8 Å². The highest BCUT2D eigenvalue weighted by atomic mass is 32.2. The molecular formula is C24H32N2O5S. The van der Waals surface area contributed by atoms with Crippen molar-refractivity contribution < 1.29 is 22.7 Å². The number of sulfonamides is 1. The molecule has 2 unspecified atom stereocenters. The zero-order valence-electron chi connectivity index (χ0n) is 19.1. The molecule has 0 aromatic heterocycles. The fourth-order valence-corrected chi connectivity index (χ4v) is 4.80. The molecule has 0 aliphatic rings. The molecule has 0 saturated heterocycles. The molecule has 7 nitrogen and oxygen atoms in total. The lowest BCUT2D eigenvalue weighted by molar-refractivity contribution is -0.129. The van der Waals surface area contributed by atoms with E-state index in [9.17, 15) is 18.0 Å². The Morgan fingerprint density at radius 2 is 1.56 bits per heavy atom. The van der Waals surface area contributed by atoms with Crippen LogP contribution in [0, 0.1) is 0 Å². The zero-order valence-corrected chi connectivity index (χ0v) is 19.9. The Bertz CT molecular complexity index is 987. The van der Waals surface area contributed by atoms with Crippen molar-refractivity contribution in [1.82, 2.24) is 9.62 Å². The Kier molecular flexibility index (Phi) is 9.41. The predicted molar refractivity (Wildman–Crippen MR) is 124 cm³/mol. The van der Waals surface area contributed by atoms with Crippen molar-refractivity contribution in [2.24, 2.45) is 0 Å². The van der Waals surface area contributed by atoms with Crippen LogP contribution in [0.4, 0.5) is 0 Å². The second kappa shape index (κ2) is 11.8. The minimum atomic E-state index is -3.61. The summed E-state index contributed by atoms with van der Waals surface area (Å²) in [6.07, 6.45) is 0.653. The van der Waals surface area contributed by atoms with Crippen LogP contribution in [-0.2, 0) is 19.6 Å². The number of ether oxygens (including phenoxy) is 1.